The molecule has 0 heterocycles. The molecule has 2 aliphatic carbocycles. The first-order chi connectivity index (χ1) is 10.2. The van der Waals surface area contributed by atoms with E-state index in [1.807, 2.05) is 0 Å². The van der Waals surface area contributed by atoms with E-state index >= 15 is 0 Å². The molecule has 8 nitrogen and oxygen atoms in total. The van der Waals surface area contributed by atoms with Crippen molar-refractivity contribution in [1.82, 2.24) is 0 Å². The van der Waals surface area contributed by atoms with Crippen LogP contribution in [-0.2, 0) is 30.2 Å². The molecular formula is C12H6O8S2. The molecule has 0 aromatic rings. The van der Waals surface area contributed by atoms with Crippen LogP contribution in [0.15, 0.2) is 46.6 Å². The van der Waals surface area contributed by atoms with Gasteiger partial charge in [0.2, 0.25) is 20.6 Å². The van der Waals surface area contributed by atoms with E-state index in [0.717, 1.165) is 24.3 Å². The van der Waals surface area contributed by atoms with Crippen LogP contribution in [-0.4, -0.2) is 48.7 Å². The molecule has 0 fully saturated rings. The number of fused-ring (bicyclic) bond motifs is 1. The molecule has 0 saturated heterocycles. The fourth-order valence-electron chi connectivity index (χ4n) is 1.92. The van der Waals surface area contributed by atoms with Gasteiger partial charge in [0.05, 0.1) is 11.1 Å². The molecule has 0 saturated carbocycles. The van der Waals surface area contributed by atoms with Crippen LogP contribution >= 0.6 is 0 Å². The van der Waals surface area contributed by atoms with Gasteiger partial charge in [-0.15, -0.1) is 0 Å². The summed E-state index contributed by atoms with van der Waals surface area (Å²) in [6.45, 7) is 0. The van der Waals surface area contributed by atoms with E-state index in [-0.39, 0.29) is 11.1 Å². The Morgan fingerprint density at radius 2 is 1.00 bits per heavy atom. The smallest absolute Gasteiger partial charge is 0.335 e. The molecule has 22 heavy (non-hydrogen) atoms. The Hall–Kier alpha value is -2.72. The second-order valence-corrected chi connectivity index (χ2v) is 5.94. The molecule has 0 aromatic carbocycles. The summed E-state index contributed by atoms with van der Waals surface area (Å²) in [5.74, 6) is -2.89. The molecule has 10 heteroatoms. The van der Waals surface area contributed by atoms with Gasteiger partial charge in [0.25, 0.3) is 0 Å². The fraction of sp³-hybridized carbons (Fsp3) is 0. The number of carbonyl (C=O) groups is 2. The van der Waals surface area contributed by atoms with Crippen molar-refractivity contribution in [2.24, 2.45) is 0 Å². The van der Waals surface area contributed by atoms with E-state index in [4.69, 9.17) is 10.2 Å². The Morgan fingerprint density at radius 1 is 0.682 bits per heavy atom. The van der Waals surface area contributed by atoms with Crippen LogP contribution in [0.25, 0.3) is 0 Å². The van der Waals surface area contributed by atoms with Crippen molar-refractivity contribution in [2.75, 3.05) is 0 Å². The van der Waals surface area contributed by atoms with Gasteiger partial charge in [-0.05, 0) is 24.3 Å². The van der Waals surface area contributed by atoms with E-state index in [9.17, 15) is 26.4 Å². The summed E-state index contributed by atoms with van der Waals surface area (Å²) in [5, 5.41) is 17.9. The van der Waals surface area contributed by atoms with E-state index in [2.05, 4.69) is 0 Å². The lowest BCUT2D eigenvalue weighted by atomic mass is 9.86. The van der Waals surface area contributed by atoms with Gasteiger partial charge < -0.3 is 10.2 Å². The monoisotopic (exact) mass is 342 g/mol. The zero-order chi connectivity index (χ0) is 16.6. The second-order valence-electron chi connectivity index (χ2n) is 4.12. The lowest BCUT2D eigenvalue weighted by Gasteiger charge is -2.19. The summed E-state index contributed by atoms with van der Waals surface area (Å²) in [4.78, 5) is 21.1. The molecule has 0 spiro atoms. The quantitative estimate of drug-likeness (QED) is 0.608. The van der Waals surface area contributed by atoms with Crippen LogP contribution in [0.1, 0.15) is 0 Å². The number of hydrogen-bond acceptors (Lipinski definition) is 6. The minimum absolute atomic E-state index is 0.183. The van der Waals surface area contributed by atoms with Gasteiger partial charge in [-0.3, -0.25) is 0 Å². The molecular weight excluding hydrogens is 336 g/mol. The van der Waals surface area contributed by atoms with Crippen molar-refractivity contribution in [3.63, 3.8) is 0 Å². The summed E-state index contributed by atoms with van der Waals surface area (Å²) in [5.41, 5.74) is -1.22. The van der Waals surface area contributed by atoms with Crippen LogP contribution in [0.2, 0.25) is 0 Å². The summed E-state index contributed by atoms with van der Waals surface area (Å²) >= 11 is 0. The maximum atomic E-state index is 11.3. The molecule has 2 N–H and O–H groups in total. The molecule has 2 aliphatic rings. The van der Waals surface area contributed by atoms with Crippen LogP contribution < -0.4 is 0 Å². The second kappa shape index (κ2) is 5.58. The van der Waals surface area contributed by atoms with Crippen molar-refractivity contribution in [3.05, 3.63) is 46.6 Å². The van der Waals surface area contributed by atoms with Crippen molar-refractivity contribution >= 4 is 42.3 Å². The number of allylic oxidation sites excluding steroid dienone is 4. The van der Waals surface area contributed by atoms with Gasteiger partial charge in [-0.2, -0.15) is 16.8 Å². The normalized spacial score (nSPS) is 16.7. The molecule has 0 radical (unpaired) electrons. The highest BCUT2D eigenvalue weighted by Crippen LogP contribution is 2.28. The maximum absolute atomic E-state index is 11.3. The average molecular weight is 342 g/mol. The maximum Gasteiger partial charge on any atom is 0.335 e. The SMILES string of the molecule is O=C(O)C1=CC(=S(=O)=O)C2=CC(C(=O)O)=CC(=S(=O)=O)C2=C1. The standard InChI is InChI=1S/C12H6O8S2/c13-11(14)5-1-7-8(10(3-5)22(19)20)2-6(12(15)16)4-9(7)21(17)18/h1-4H,(H,13,14)(H,15,16). The number of carboxylic acid groups (broad SMARTS) is 2. The first-order valence-electron chi connectivity index (χ1n) is 5.49. The van der Waals surface area contributed by atoms with Crippen LogP contribution in [0, 0.1) is 0 Å². The fourth-order valence-corrected chi connectivity index (χ4v) is 3.06. The highest BCUT2D eigenvalue weighted by Gasteiger charge is 2.29. The van der Waals surface area contributed by atoms with Gasteiger partial charge in [0.15, 0.2) is 0 Å². The Kier molecular flexibility index (Phi) is 3.97. The highest BCUT2D eigenvalue weighted by molar-refractivity contribution is 7.74. The van der Waals surface area contributed by atoms with Gasteiger partial charge in [-0.1, -0.05) is 0 Å². The van der Waals surface area contributed by atoms with E-state index < -0.39 is 53.4 Å². The summed E-state index contributed by atoms with van der Waals surface area (Å²) < 4.78 is 45.0. The number of rotatable bonds is 2. The summed E-state index contributed by atoms with van der Waals surface area (Å²) in [6, 6.07) is 0. The van der Waals surface area contributed by atoms with Gasteiger partial charge in [0, 0.05) is 11.1 Å². The third-order valence-corrected chi connectivity index (χ3v) is 4.24. The summed E-state index contributed by atoms with van der Waals surface area (Å²) in [7, 11) is -5.76. The Bertz CT molecular complexity index is 911. The van der Waals surface area contributed by atoms with E-state index in [0.29, 0.717) is 0 Å². The van der Waals surface area contributed by atoms with E-state index in [1.54, 1.807) is 0 Å². The molecule has 0 amide bonds. The van der Waals surface area contributed by atoms with Crippen LogP contribution in [0.3, 0.4) is 0 Å². The van der Waals surface area contributed by atoms with Gasteiger partial charge >= 0.3 is 11.9 Å². The van der Waals surface area contributed by atoms with Crippen molar-refractivity contribution in [2.45, 2.75) is 0 Å². The zero-order valence-electron chi connectivity index (χ0n) is 10.5. The van der Waals surface area contributed by atoms with Crippen molar-refractivity contribution < 1.29 is 36.6 Å². The Morgan fingerprint density at radius 3 is 1.23 bits per heavy atom. The molecule has 0 unspecified atom stereocenters. The average Bonchev–Trinajstić information content (AvgIpc) is 2.44. The first kappa shape index (κ1) is 15.7. The topological polar surface area (TPSA) is 143 Å². The Balaban J connectivity index is 2.92. The molecule has 0 aromatic heterocycles. The third-order valence-electron chi connectivity index (χ3n) is 2.85. The zero-order valence-corrected chi connectivity index (χ0v) is 12.1. The van der Waals surface area contributed by atoms with Crippen molar-refractivity contribution in [3.8, 4) is 0 Å². The van der Waals surface area contributed by atoms with Gasteiger partial charge in [-0.25, -0.2) is 9.59 Å². The lowest BCUT2D eigenvalue weighted by molar-refractivity contribution is -0.133. The summed E-state index contributed by atoms with van der Waals surface area (Å²) in [6.07, 6.45) is 3.61. The van der Waals surface area contributed by atoms with Gasteiger partial charge in [0.1, 0.15) is 9.73 Å². The van der Waals surface area contributed by atoms with E-state index in [1.165, 1.54) is 0 Å². The molecule has 0 bridgehead atoms. The molecule has 0 atom stereocenters. The highest BCUT2D eigenvalue weighted by atomic mass is 32.2. The minimum atomic E-state index is -2.88. The van der Waals surface area contributed by atoms with Crippen molar-refractivity contribution in [1.29, 1.82) is 0 Å². The van der Waals surface area contributed by atoms with Crippen LogP contribution in [0.4, 0.5) is 0 Å². The molecule has 114 valence electrons. The lowest BCUT2D eigenvalue weighted by Crippen LogP contribution is -2.22. The largest absolute Gasteiger partial charge is 0.478 e. The predicted octanol–water partition coefficient (Wildman–Crippen LogP) is -1.01. The molecule has 2 rings (SSSR count). The Labute approximate surface area is 126 Å². The molecule has 0 aliphatic heterocycles. The number of aliphatic carboxylic acids is 2. The third kappa shape index (κ3) is 2.69. The number of hydrogen-bond donors (Lipinski definition) is 2. The minimum Gasteiger partial charge on any atom is -0.478 e. The first-order valence-corrected chi connectivity index (χ1v) is 7.64. The van der Waals surface area contributed by atoms with Crippen LogP contribution in [0.5, 0.6) is 0 Å². The number of carboxylic acids is 2. The predicted molar refractivity (Wildman–Crippen MR) is 75.5 cm³/mol.